The first kappa shape index (κ1) is 13.3. The van der Waals surface area contributed by atoms with Gasteiger partial charge in [-0.05, 0) is 34.5 Å². The number of carbonyl (C=O) groups excluding carboxylic acids is 1. The lowest BCUT2D eigenvalue weighted by Gasteiger charge is -2.19. The Balaban J connectivity index is 2.06. The van der Waals surface area contributed by atoms with Crippen LogP contribution in [-0.2, 0) is 4.79 Å². The first-order valence-electron chi connectivity index (χ1n) is 6.34. The van der Waals surface area contributed by atoms with Gasteiger partial charge in [0.25, 0.3) is 0 Å². The third-order valence-corrected chi connectivity index (χ3v) is 4.30. The standard InChI is InChI=1S/C14H13BrFN3O/c15-12-6-18-14(11-5-9(16)1-2-10(11)12)19-4-3-8(7-19)13(17)20/h1-2,5-6,8H,3-4,7H2,(H2,17,20)/t8-/m1/s1. The van der Waals surface area contributed by atoms with Gasteiger partial charge in [0.1, 0.15) is 11.6 Å². The van der Waals surface area contributed by atoms with E-state index >= 15 is 0 Å². The van der Waals surface area contributed by atoms with Crippen LogP contribution in [0.4, 0.5) is 10.2 Å². The van der Waals surface area contributed by atoms with Gasteiger partial charge in [0.15, 0.2) is 0 Å². The maximum atomic E-state index is 13.5. The fraction of sp³-hybridized carbons (Fsp3) is 0.286. The molecule has 1 aliphatic rings. The quantitative estimate of drug-likeness (QED) is 0.915. The molecule has 1 fully saturated rings. The second-order valence-electron chi connectivity index (χ2n) is 4.95. The number of hydrogen-bond acceptors (Lipinski definition) is 3. The summed E-state index contributed by atoms with van der Waals surface area (Å²) >= 11 is 3.42. The van der Waals surface area contributed by atoms with Crippen LogP contribution < -0.4 is 10.6 Å². The van der Waals surface area contributed by atoms with Gasteiger partial charge in [-0.3, -0.25) is 4.79 Å². The summed E-state index contributed by atoms with van der Waals surface area (Å²) in [5.74, 6) is -0.0556. The molecule has 0 radical (unpaired) electrons. The molecule has 1 aromatic heterocycles. The minimum Gasteiger partial charge on any atom is -0.369 e. The highest BCUT2D eigenvalue weighted by Crippen LogP contribution is 2.33. The molecule has 4 nitrogen and oxygen atoms in total. The van der Waals surface area contributed by atoms with E-state index in [1.54, 1.807) is 12.3 Å². The van der Waals surface area contributed by atoms with E-state index in [0.29, 0.717) is 25.3 Å². The number of amides is 1. The lowest BCUT2D eigenvalue weighted by Crippen LogP contribution is -2.27. The summed E-state index contributed by atoms with van der Waals surface area (Å²) in [5.41, 5.74) is 5.35. The van der Waals surface area contributed by atoms with Gasteiger partial charge < -0.3 is 10.6 Å². The number of benzene rings is 1. The highest BCUT2D eigenvalue weighted by molar-refractivity contribution is 9.10. The summed E-state index contributed by atoms with van der Waals surface area (Å²) in [4.78, 5) is 17.6. The molecule has 1 amide bonds. The van der Waals surface area contributed by atoms with E-state index in [1.807, 2.05) is 4.90 Å². The number of anilines is 1. The predicted molar refractivity (Wildman–Crippen MR) is 78.9 cm³/mol. The highest BCUT2D eigenvalue weighted by Gasteiger charge is 2.28. The Morgan fingerprint density at radius 3 is 2.95 bits per heavy atom. The van der Waals surface area contributed by atoms with Crippen LogP contribution in [0.5, 0.6) is 0 Å². The number of primary amides is 1. The Morgan fingerprint density at radius 2 is 2.25 bits per heavy atom. The fourth-order valence-corrected chi connectivity index (χ4v) is 3.05. The molecule has 0 spiro atoms. The molecule has 0 aliphatic carbocycles. The maximum absolute atomic E-state index is 13.5. The van der Waals surface area contributed by atoms with E-state index in [9.17, 15) is 9.18 Å². The largest absolute Gasteiger partial charge is 0.369 e. The van der Waals surface area contributed by atoms with Crippen molar-refractivity contribution in [1.29, 1.82) is 0 Å². The van der Waals surface area contributed by atoms with Gasteiger partial charge in [-0.25, -0.2) is 9.37 Å². The van der Waals surface area contributed by atoms with E-state index in [2.05, 4.69) is 20.9 Å². The average molecular weight is 338 g/mol. The number of nitrogens with zero attached hydrogens (tertiary/aromatic N) is 2. The van der Waals surface area contributed by atoms with Crippen molar-refractivity contribution in [3.63, 3.8) is 0 Å². The third kappa shape index (κ3) is 2.24. The second kappa shape index (κ2) is 5.01. The molecule has 6 heteroatoms. The van der Waals surface area contributed by atoms with Crippen molar-refractivity contribution in [3.8, 4) is 0 Å². The van der Waals surface area contributed by atoms with Gasteiger partial charge in [0, 0.05) is 34.5 Å². The number of halogens is 2. The van der Waals surface area contributed by atoms with E-state index in [0.717, 1.165) is 15.2 Å². The van der Waals surface area contributed by atoms with Crippen LogP contribution in [0.2, 0.25) is 0 Å². The van der Waals surface area contributed by atoms with Crippen LogP contribution in [0.15, 0.2) is 28.9 Å². The molecule has 104 valence electrons. The Bertz CT molecular complexity index is 691. The molecular weight excluding hydrogens is 325 g/mol. The molecular formula is C14H13BrFN3O. The molecule has 2 N–H and O–H groups in total. The number of rotatable bonds is 2. The summed E-state index contributed by atoms with van der Waals surface area (Å²) in [5, 5.41) is 1.64. The van der Waals surface area contributed by atoms with Gasteiger partial charge in [-0.15, -0.1) is 0 Å². The molecule has 3 rings (SSSR count). The normalized spacial score (nSPS) is 18.7. The first-order valence-corrected chi connectivity index (χ1v) is 7.13. The van der Waals surface area contributed by atoms with Crippen molar-refractivity contribution in [2.75, 3.05) is 18.0 Å². The molecule has 0 saturated carbocycles. The molecule has 2 aromatic rings. The molecule has 20 heavy (non-hydrogen) atoms. The number of aromatic nitrogens is 1. The number of fused-ring (bicyclic) bond motifs is 1. The van der Waals surface area contributed by atoms with Crippen LogP contribution in [0, 0.1) is 11.7 Å². The van der Waals surface area contributed by atoms with Gasteiger partial charge in [0.2, 0.25) is 5.91 Å². The van der Waals surface area contributed by atoms with Gasteiger partial charge >= 0.3 is 0 Å². The molecule has 1 aliphatic heterocycles. The maximum Gasteiger partial charge on any atom is 0.222 e. The molecule has 1 saturated heterocycles. The zero-order valence-corrected chi connectivity index (χ0v) is 12.2. The lowest BCUT2D eigenvalue weighted by atomic mass is 10.1. The average Bonchev–Trinajstić information content (AvgIpc) is 2.88. The van der Waals surface area contributed by atoms with E-state index in [-0.39, 0.29) is 17.6 Å². The zero-order valence-electron chi connectivity index (χ0n) is 10.6. The van der Waals surface area contributed by atoms with Crippen molar-refractivity contribution < 1.29 is 9.18 Å². The number of pyridine rings is 1. The van der Waals surface area contributed by atoms with E-state index in [4.69, 9.17) is 5.73 Å². The summed E-state index contributed by atoms with van der Waals surface area (Å²) in [7, 11) is 0. The first-order chi connectivity index (χ1) is 9.56. The van der Waals surface area contributed by atoms with Gasteiger partial charge in [-0.1, -0.05) is 6.07 Å². The van der Waals surface area contributed by atoms with E-state index in [1.165, 1.54) is 12.1 Å². The summed E-state index contributed by atoms with van der Waals surface area (Å²) in [6, 6.07) is 4.62. The topological polar surface area (TPSA) is 59.2 Å². The Morgan fingerprint density at radius 1 is 1.45 bits per heavy atom. The minimum absolute atomic E-state index is 0.163. The van der Waals surface area contributed by atoms with Crippen LogP contribution >= 0.6 is 15.9 Å². The zero-order chi connectivity index (χ0) is 14.3. The lowest BCUT2D eigenvalue weighted by molar-refractivity contribution is -0.121. The predicted octanol–water partition coefficient (Wildman–Crippen LogP) is 2.45. The summed E-state index contributed by atoms with van der Waals surface area (Å²) in [6.45, 7) is 1.24. The van der Waals surface area contributed by atoms with Crippen LogP contribution in [-0.4, -0.2) is 24.0 Å². The van der Waals surface area contributed by atoms with Crippen molar-refractivity contribution in [2.24, 2.45) is 11.7 Å². The Hall–Kier alpha value is -1.69. The van der Waals surface area contributed by atoms with Crippen LogP contribution in [0.3, 0.4) is 0 Å². The second-order valence-corrected chi connectivity index (χ2v) is 5.81. The summed E-state index contributed by atoms with van der Waals surface area (Å²) in [6.07, 6.45) is 2.41. The van der Waals surface area contributed by atoms with Crippen molar-refractivity contribution in [3.05, 3.63) is 34.7 Å². The van der Waals surface area contributed by atoms with Crippen LogP contribution in [0.25, 0.3) is 10.8 Å². The summed E-state index contributed by atoms with van der Waals surface area (Å²) < 4.78 is 14.3. The molecule has 1 atom stereocenters. The number of hydrogen-bond donors (Lipinski definition) is 1. The highest BCUT2D eigenvalue weighted by atomic mass is 79.9. The fourth-order valence-electron chi connectivity index (χ4n) is 2.60. The third-order valence-electron chi connectivity index (χ3n) is 3.67. The monoisotopic (exact) mass is 337 g/mol. The Labute approximate surface area is 123 Å². The molecule has 1 aromatic carbocycles. The van der Waals surface area contributed by atoms with Crippen molar-refractivity contribution in [2.45, 2.75) is 6.42 Å². The van der Waals surface area contributed by atoms with Gasteiger partial charge in [0.05, 0.1) is 5.92 Å². The molecule has 0 bridgehead atoms. The van der Waals surface area contributed by atoms with Crippen molar-refractivity contribution >= 4 is 38.4 Å². The van der Waals surface area contributed by atoms with Crippen LogP contribution in [0.1, 0.15) is 6.42 Å². The SMILES string of the molecule is NC(=O)[C@@H]1CCN(c2ncc(Br)c3ccc(F)cc23)C1. The molecule has 2 heterocycles. The van der Waals surface area contributed by atoms with Crippen molar-refractivity contribution in [1.82, 2.24) is 4.98 Å². The minimum atomic E-state index is -0.302. The molecule has 0 unspecified atom stereocenters. The number of carbonyl (C=O) groups is 1. The number of nitrogens with two attached hydrogens (primary N) is 1. The van der Waals surface area contributed by atoms with Gasteiger partial charge in [-0.2, -0.15) is 0 Å². The smallest absolute Gasteiger partial charge is 0.222 e. The van der Waals surface area contributed by atoms with E-state index < -0.39 is 0 Å². The Kier molecular flexibility index (Phi) is 3.33.